The molecule has 1 unspecified atom stereocenters. The summed E-state index contributed by atoms with van der Waals surface area (Å²) in [5.74, 6) is 0.846. The number of hydrogen-bond acceptors (Lipinski definition) is 4. The van der Waals surface area contributed by atoms with Gasteiger partial charge < -0.3 is 9.64 Å². The standard InChI is InChI=1S/C16H24N2O4S/c1-22-15-7-3-5-13(11-15)8-9-16(19)18-10-4-6-14(12-18)17-23(2,20)21/h3,5,7,11,14,17H,4,6,8-10,12H2,1-2H3. The Morgan fingerprint density at radius 1 is 1.43 bits per heavy atom. The number of benzene rings is 1. The highest BCUT2D eigenvalue weighted by Crippen LogP contribution is 2.16. The number of aryl methyl sites for hydroxylation is 1. The van der Waals surface area contributed by atoms with Gasteiger partial charge in [0.05, 0.1) is 13.4 Å². The summed E-state index contributed by atoms with van der Waals surface area (Å²) >= 11 is 0. The summed E-state index contributed by atoms with van der Waals surface area (Å²) in [5, 5.41) is 0. The van der Waals surface area contributed by atoms with Crippen LogP contribution in [0.4, 0.5) is 0 Å². The monoisotopic (exact) mass is 340 g/mol. The number of nitrogens with zero attached hydrogens (tertiary/aromatic N) is 1. The van der Waals surface area contributed by atoms with Gasteiger partial charge in [-0.2, -0.15) is 0 Å². The molecule has 0 spiro atoms. The van der Waals surface area contributed by atoms with Crippen molar-refractivity contribution in [2.75, 3.05) is 26.5 Å². The fraction of sp³-hybridized carbons (Fsp3) is 0.562. The summed E-state index contributed by atoms with van der Waals surface area (Å²) in [4.78, 5) is 14.1. The van der Waals surface area contributed by atoms with E-state index >= 15 is 0 Å². The minimum atomic E-state index is -3.24. The van der Waals surface area contributed by atoms with Crippen LogP contribution in [0.15, 0.2) is 24.3 Å². The molecular formula is C16H24N2O4S. The van der Waals surface area contributed by atoms with Gasteiger partial charge in [0.2, 0.25) is 15.9 Å². The van der Waals surface area contributed by atoms with Crippen LogP contribution in [0, 0.1) is 0 Å². The molecule has 1 heterocycles. The highest BCUT2D eigenvalue weighted by atomic mass is 32.2. The zero-order valence-electron chi connectivity index (χ0n) is 13.6. The molecule has 1 amide bonds. The van der Waals surface area contributed by atoms with Gasteiger partial charge in [0.25, 0.3) is 0 Å². The first-order valence-corrected chi connectivity index (χ1v) is 9.64. The number of ether oxygens (including phenoxy) is 1. The minimum absolute atomic E-state index is 0.0628. The molecule has 7 heteroatoms. The molecule has 1 aromatic rings. The van der Waals surface area contributed by atoms with Crippen molar-refractivity contribution >= 4 is 15.9 Å². The van der Waals surface area contributed by atoms with Crippen molar-refractivity contribution in [1.29, 1.82) is 0 Å². The molecule has 1 aromatic carbocycles. The summed E-state index contributed by atoms with van der Waals surface area (Å²) in [6, 6.07) is 7.50. The normalized spacial score (nSPS) is 18.7. The Morgan fingerprint density at radius 2 is 2.22 bits per heavy atom. The lowest BCUT2D eigenvalue weighted by atomic mass is 10.0. The Bertz CT molecular complexity index is 645. The molecule has 128 valence electrons. The summed E-state index contributed by atoms with van der Waals surface area (Å²) in [6.07, 6.45) is 3.80. The fourth-order valence-corrected chi connectivity index (χ4v) is 3.64. The van der Waals surface area contributed by atoms with E-state index in [1.54, 1.807) is 12.0 Å². The van der Waals surface area contributed by atoms with Crippen molar-refractivity contribution in [3.63, 3.8) is 0 Å². The van der Waals surface area contributed by atoms with Crippen LogP contribution in [0.3, 0.4) is 0 Å². The number of carbonyl (C=O) groups excluding carboxylic acids is 1. The van der Waals surface area contributed by atoms with Crippen LogP contribution >= 0.6 is 0 Å². The smallest absolute Gasteiger partial charge is 0.222 e. The summed E-state index contributed by atoms with van der Waals surface area (Å²) < 4.78 is 30.4. The van der Waals surface area contributed by atoms with Crippen LogP contribution in [-0.4, -0.2) is 51.7 Å². The number of carbonyl (C=O) groups is 1. The minimum Gasteiger partial charge on any atom is -0.497 e. The van der Waals surface area contributed by atoms with Crippen molar-refractivity contribution in [3.05, 3.63) is 29.8 Å². The lowest BCUT2D eigenvalue weighted by Crippen LogP contribution is -2.49. The quantitative estimate of drug-likeness (QED) is 0.843. The van der Waals surface area contributed by atoms with E-state index in [0.29, 0.717) is 25.9 Å². The van der Waals surface area contributed by atoms with Crippen LogP contribution in [0.2, 0.25) is 0 Å². The first kappa shape index (κ1) is 17.7. The van der Waals surface area contributed by atoms with Crippen LogP contribution in [0.1, 0.15) is 24.8 Å². The largest absolute Gasteiger partial charge is 0.497 e. The van der Waals surface area contributed by atoms with Crippen molar-refractivity contribution in [2.45, 2.75) is 31.7 Å². The van der Waals surface area contributed by atoms with Crippen molar-refractivity contribution in [1.82, 2.24) is 9.62 Å². The summed E-state index contributed by atoms with van der Waals surface area (Å²) in [7, 11) is -1.62. The van der Waals surface area contributed by atoms with E-state index in [4.69, 9.17) is 4.74 Å². The highest BCUT2D eigenvalue weighted by Gasteiger charge is 2.25. The zero-order chi connectivity index (χ0) is 16.9. The van der Waals surface area contributed by atoms with E-state index in [2.05, 4.69) is 4.72 Å². The molecule has 1 aliphatic rings. The Labute approximate surface area is 137 Å². The Morgan fingerprint density at radius 3 is 2.91 bits per heavy atom. The number of nitrogens with one attached hydrogen (secondary N) is 1. The molecule has 0 bridgehead atoms. The lowest BCUT2D eigenvalue weighted by Gasteiger charge is -2.32. The molecule has 2 rings (SSSR count). The number of amides is 1. The second kappa shape index (κ2) is 7.79. The Kier molecular flexibility index (Phi) is 6.01. The molecule has 0 aliphatic carbocycles. The molecule has 6 nitrogen and oxygen atoms in total. The molecule has 1 aliphatic heterocycles. The first-order chi connectivity index (χ1) is 10.9. The Balaban J connectivity index is 1.87. The maximum atomic E-state index is 12.4. The van der Waals surface area contributed by atoms with Gasteiger partial charge in [-0.05, 0) is 37.0 Å². The predicted molar refractivity (Wildman–Crippen MR) is 88.9 cm³/mol. The molecule has 1 saturated heterocycles. The van der Waals surface area contributed by atoms with E-state index in [0.717, 1.165) is 30.4 Å². The molecule has 1 N–H and O–H groups in total. The zero-order valence-corrected chi connectivity index (χ0v) is 14.4. The molecular weight excluding hydrogens is 316 g/mol. The fourth-order valence-electron chi connectivity index (χ4n) is 2.84. The second-order valence-corrected chi connectivity index (χ2v) is 7.70. The van der Waals surface area contributed by atoms with E-state index in [1.807, 2.05) is 24.3 Å². The number of likely N-dealkylation sites (tertiary alicyclic amines) is 1. The van der Waals surface area contributed by atoms with Crippen molar-refractivity contribution < 1.29 is 17.9 Å². The van der Waals surface area contributed by atoms with Gasteiger partial charge in [0.1, 0.15) is 5.75 Å². The molecule has 23 heavy (non-hydrogen) atoms. The van der Waals surface area contributed by atoms with Gasteiger partial charge in [-0.3, -0.25) is 4.79 Å². The Hall–Kier alpha value is -1.60. The van der Waals surface area contributed by atoms with E-state index < -0.39 is 10.0 Å². The van der Waals surface area contributed by atoms with Gasteiger partial charge in [-0.1, -0.05) is 12.1 Å². The SMILES string of the molecule is COc1cccc(CCC(=O)N2CCCC(NS(C)(=O)=O)C2)c1. The van der Waals surface area contributed by atoms with Crippen molar-refractivity contribution in [3.8, 4) is 5.75 Å². The topological polar surface area (TPSA) is 75.7 Å². The summed E-state index contributed by atoms with van der Waals surface area (Å²) in [6.45, 7) is 1.14. The average molecular weight is 340 g/mol. The third kappa shape index (κ3) is 5.84. The van der Waals surface area contributed by atoms with Crippen LogP contribution in [0.5, 0.6) is 5.75 Å². The third-order valence-corrected chi connectivity index (χ3v) is 4.68. The molecule has 1 fully saturated rings. The van der Waals surface area contributed by atoms with E-state index in [9.17, 15) is 13.2 Å². The predicted octanol–water partition coefficient (Wildman–Crippen LogP) is 1.17. The second-order valence-electron chi connectivity index (χ2n) is 5.92. The first-order valence-electron chi connectivity index (χ1n) is 7.75. The molecule has 0 aromatic heterocycles. The van der Waals surface area contributed by atoms with Gasteiger partial charge in [0.15, 0.2) is 0 Å². The third-order valence-electron chi connectivity index (χ3n) is 3.92. The average Bonchev–Trinajstić information content (AvgIpc) is 2.51. The number of rotatable bonds is 6. The van der Waals surface area contributed by atoms with Gasteiger partial charge >= 0.3 is 0 Å². The maximum Gasteiger partial charge on any atom is 0.222 e. The summed E-state index contributed by atoms with van der Waals surface area (Å²) in [5.41, 5.74) is 1.06. The lowest BCUT2D eigenvalue weighted by molar-refractivity contribution is -0.132. The molecule has 1 atom stereocenters. The number of methoxy groups -OCH3 is 1. The number of hydrogen-bond donors (Lipinski definition) is 1. The molecule has 0 saturated carbocycles. The maximum absolute atomic E-state index is 12.4. The van der Waals surface area contributed by atoms with Gasteiger partial charge in [-0.25, -0.2) is 13.1 Å². The van der Waals surface area contributed by atoms with E-state index in [-0.39, 0.29) is 11.9 Å². The van der Waals surface area contributed by atoms with Crippen LogP contribution < -0.4 is 9.46 Å². The number of piperidine rings is 1. The molecule has 0 radical (unpaired) electrons. The van der Waals surface area contributed by atoms with Crippen LogP contribution in [-0.2, 0) is 21.2 Å². The van der Waals surface area contributed by atoms with Gasteiger partial charge in [0, 0.05) is 25.6 Å². The number of sulfonamides is 1. The van der Waals surface area contributed by atoms with Crippen molar-refractivity contribution in [2.24, 2.45) is 0 Å². The van der Waals surface area contributed by atoms with E-state index in [1.165, 1.54) is 0 Å². The van der Waals surface area contributed by atoms with Crippen LogP contribution in [0.25, 0.3) is 0 Å². The highest BCUT2D eigenvalue weighted by molar-refractivity contribution is 7.88. The van der Waals surface area contributed by atoms with Gasteiger partial charge in [-0.15, -0.1) is 0 Å².